The van der Waals surface area contributed by atoms with Gasteiger partial charge >= 0.3 is 5.97 Å². The van der Waals surface area contributed by atoms with Crippen molar-refractivity contribution < 1.29 is 22.7 Å². The number of nitrogens with zero attached hydrogens (tertiary/aromatic N) is 1. The van der Waals surface area contributed by atoms with Gasteiger partial charge < -0.3 is 14.6 Å². The Labute approximate surface area is 136 Å². The largest absolute Gasteiger partial charge is 0.464 e. The summed E-state index contributed by atoms with van der Waals surface area (Å²) in [7, 11) is -1.04. The number of ether oxygens (including phenoxy) is 1. The lowest BCUT2D eigenvalue weighted by molar-refractivity contribution is -0.122. The summed E-state index contributed by atoms with van der Waals surface area (Å²) < 4.78 is 32.6. The standard InChI is InChI=1S/C14H23N3O5S/c1-14(2,3)16-12(18)6-7-15-23(20,21)10-8-11(13(19)22-5)17(4)9-10/h8-9,15H,6-7H2,1-5H3,(H,16,18). The summed E-state index contributed by atoms with van der Waals surface area (Å²) >= 11 is 0. The van der Waals surface area contributed by atoms with Crippen molar-refractivity contribution >= 4 is 21.9 Å². The summed E-state index contributed by atoms with van der Waals surface area (Å²) in [5.41, 5.74) is -0.247. The Morgan fingerprint density at radius 3 is 2.43 bits per heavy atom. The molecule has 2 N–H and O–H groups in total. The molecule has 0 fully saturated rings. The Bertz CT molecular complexity index is 686. The van der Waals surface area contributed by atoms with Gasteiger partial charge in [-0.1, -0.05) is 0 Å². The van der Waals surface area contributed by atoms with Gasteiger partial charge in [-0.2, -0.15) is 0 Å². The minimum atomic E-state index is -3.80. The van der Waals surface area contributed by atoms with Crippen molar-refractivity contribution in [2.24, 2.45) is 7.05 Å². The molecule has 0 saturated carbocycles. The topological polar surface area (TPSA) is 106 Å². The second-order valence-corrected chi connectivity index (χ2v) is 7.88. The summed E-state index contributed by atoms with van der Waals surface area (Å²) in [6.07, 6.45) is 1.33. The number of methoxy groups -OCH3 is 1. The van der Waals surface area contributed by atoms with Crippen LogP contribution in [0.2, 0.25) is 0 Å². The number of aromatic nitrogens is 1. The van der Waals surface area contributed by atoms with E-state index in [4.69, 9.17) is 0 Å². The summed E-state index contributed by atoms with van der Waals surface area (Å²) in [5.74, 6) is -0.873. The average molecular weight is 345 g/mol. The fraction of sp³-hybridized carbons (Fsp3) is 0.571. The highest BCUT2D eigenvalue weighted by Gasteiger charge is 2.21. The molecule has 1 aromatic heterocycles. The molecule has 1 amide bonds. The quantitative estimate of drug-likeness (QED) is 0.726. The zero-order chi connectivity index (χ0) is 17.8. The summed E-state index contributed by atoms with van der Waals surface area (Å²) in [5, 5.41) is 2.74. The molecule has 130 valence electrons. The number of rotatable bonds is 6. The van der Waals surface area contributed by atoms with E-state index in [1.807, 2.05) is 20.8 Å². The van der Waals surface area contributed by atoms with Crippen LogP contribution < -0.4 is 10.0 Å². The number of amides is 1. The third kappa shape index (κ3) is 5.68. The Balaban J connectivity index is 2.70. The van der Waals surface area contributed by atoms with Crippen molar-refractivity contribution in [3.63, 3.8) is 0 Å². The number of carbonyl (C=O) groups excluding carboxylic acids is 2. The fourth-order valence-corrected chi connectivity index (χ4v) is 2.95. The van der Waals surface area contributed by atoms with Crippen LogP contribution >= 0.6 is 0 Å². The highest BCUT2D eigenvalue weighted by Crippen LogP contribution is 2.14. The first-order valence-electron chi connectivity index (χ1n) is 7.01. The van der Waals surface area contributed by atoms with Gasteiger partial charge in [0.15, 0.2) is 0 Å². The zero-order valence-electron chi connectivity index (χ0n) is 14.0. The molecular formula is C14H23N3O5S. The van der Waals surface area contributed by atoms with Gasteiger partial charge in [-0.05, 0) is 26.8 Å². The SMILES string of the molecule is COC(=O)c1cc(S(=O)(=O)NCCC(=O)NC(C)(C)C)cn1C. The predicted molar refractivity (Wildman–Crippen MR) is 84.5 cm³/mol. The number of carbonyl (C=O) groups is 2. The maximum Gasteiger partial charge on any atom is 0.354 e. The van der Waals surface area contributed by atoms with Gasteiger partial charge in [0.25, 0.3) is 0 Å². The monoisotopic (exact) mass is 345 g/mol. The molecule has 1 heterocycles. The van der Waals surface area contributed by atoms with Gasteiger partial charge in [-0.15, -0.1) is 0 Å². The second-order valence-electron chi connectivity index (χ2n) is 6.11. The first-order valence-corrected chi connectivity index (χ1v) is 8.50. The summed E-state index contributed by atoms with van der Waals surface area (Å²) in [4.78, 5) is 23.1. The molecule has 1 aromatic rings. The Hall–Kier alpha value is -1.87. The van der Waals surface area contributed by atoms with Gasteiger partial charge in [0, 0.05) is 31.7 Å². The van der Waals surface area contributed by atoms with Crippen molar-refractivity contribution in [3.8, 4) is 0 Å². The second kappa shape index (κ2) is 7.14. The predicted octanol–water partition coefficient (Wildman–Crippen LogP) is 0.395. The van der Waals surface area contributed by atoms with Crippen LogP contribution in [0.1, 0.15) is 37.7 Å². The smallest absolute Gasteiger partial charge is 0.354 e. The van der Waals surface area contributed by atoms with Gasteiger partial charge in [0.2, 0.25) is 15.9 Å². The number of nitrogens with one attached hydrogen (secondary N) is 2. The Morgan fingerprint density at radius 2 is 1.91 bits per heavy atom. The third-order valence-electron chi connectivity index (χ3n) is 2.84. The summed E-state index contributed by atoms with van der Waals surface area (Å²) in [6.45, 7) is 5.49. The van der Waals surface area contributed by atoms with Crippen molar-refractivity contribution in [2.75, 3.05) is 13.7 Å². The van der Waals surface area contributed by atoms with Crippen LogP contribution in [0.25, 0.3) is 0 Å². The lowest BCUT2D eigenvalue weighted by Crippen LogP contribution is -2.41. The average Bonchev–Trinajstić information content (AvgIpc) is 2.78. The Morgan fingerprint density at radius 1 is 1.30 bits per heavy atom. The first kappa shape index (κ1) is 19.2. The first-order chi connectivity index (χ1) is 10.5. The summed E-state index contributed by atoms with van der Waals surface area (Å²) in [6, 6.07) is 1.23. The van der Waals surface area contributed by atoms with E-state index in [2.05, 4.69) is 14.8 Å². The number of hydrogen-bond acceptors (Lipinski definition) is 5. The lowest BCUT2D eigenvalue weighted by Gasteiger charge is -2.20. The molecule has 0 aliphatic carbocycles. The van der Waals surface area contributed by atoms with Crippen molar-refractivity contribution in [1.29, 1.82) is 0 Å². The van der Waals surface area contributed by atoms with Crippen LogP contribution in [0.4, 0.5) is 0 Å². The van der Waals surface area contributed by atoms with Crippen molar-refractivity contribution in [3.05, 3.63) is 18.0 Å². The van der Waals surface area contributed by atoms with Gasteiger partial charge in [-0.3, -0.25) is 4.79 Å². The van der Waals surface area contributed by atoms with E-state index in [1.165, 1.54) is 23.9 Å². The van der Waals surface area contributed by atoms with Gasteiger partial charge in [-0.25, -0.2) is 17.9 Å². The molecule has 0 bridgehead atoms. The van der Waals surface area contributed by atoms with E-state index in [0.717, 1.165) is 0 Å². The fourth-order valence-electron chi connectivity index (χ4n) is 1.85. The molecule has 0 saturated heterocycles. The van der Waals surface area contributed by atoms with E-state index in [0.29, 0.717) is 0 Å². The van der Waals surface area contributed by atoms with Crippen LogP contribution in [-0.2, 0) is 26.6 Å². The number of sulfonamides is 1. The minimum Gasteiger partial charge on any atom is -0.464 e. The van der Waals surface area contributed by atoms with Gasteiger partial charge in [0.1, 0.15) is 10.6 Å². The lowest BCUT2D eigenvalue weighted by atomic mass is 10.1. The highest BCUT2D eigenvalue weighted by atomic mass is 32.2. The molecule has 0 radical (unpaired) electrons. The number of aryl methyl sites for hydroxylation is 1. The molecule has 8 nitrogen and oxygen atoms in total. The highest BCUT2D eigenvalue weighted by molar-refractivity contribution is 7.89. The Kier molecular flexibility index (Phi) is 5.95. The minimum absolute atomic E-state index is 0.0210. The molecule has 9 heteroatoms. The van der Waals surface area contributed by atoms with Crippen LogP contribution in [0.15, 0.2) is 17.2 Å². The molecule has 0 unspecified atom stereocenters. The van der Waals surface area contributed by atoms with Crippen LogP contribution in [-0.4, -0.2) is 44.1 Å². The molecular weight excluding hydrogens is 322 g/mol. The van der Waals surface area contributed by atoms with E-state index >= 15 is 0 Å². The van der Waals surface area contributed by atoms with Crippen molar-refractivity contribution in [2.45, 2.75) is 37.6 Å². The van der Waals surface area contributed by atoms with E-state index < -0.39 is 16.0 Å². The third-order valence-corrected chi connectivity index (χ3v) is 4.27. The molecule has 1 rings (SSSR count). The molecule has 0 spiro atoms. The molecule has 23 heavy (non-hydrogen) atoms. The normalized spacial score (nSPS) is 12.0. The molecule has 0 aliphatic heterocycles. The molecule has 0 atom stereocenters. The van der Waals surface area contributed by atoms with Crippen molar-refractivity contribution in [1.82, 2.24) is 14.6 Å². The van der Waals surface area contributed by atoms with E-state index in [9.17, 15) is 18.0 Å². The van der Waals surface area contributed by atoms with Crippen LogP contribution in [0, 0.1) is 0 Å². The maximum atomic E-state index is 12.2. The van der Waals surface area contributed by atoms with Gasteiger partial charge in [0.05, 0.1) is 7.11 Å². The molecule has 0 aliphatic rings. The number of esters is 1. The zero-order valence-corrected chi connectivity index (χ0v) is 14.8. The van der Waals surface area contributed by atoms with E-state index in [1.54, 1.807) is 7.05 Å². The maximum absolute atomic E-state index is 12.2. The van der Waals surface area contributed by atoms with Crippen LogP contribution in [0.3, 0.4) is 0 Å². The van der Waals surface area contributed by atoms with Crippen LogP contribution in [0.5, 0.6) is 0 Å². The molecule has 0 aromatic carbocycles. The van der Waals surface area contributed by atoms with E-state index in [-0.39, 0.29) is 35.0 Å². The number of hydrogen-bond donors (Lipinski definition) is 2.